The summed E-state index contributed by atoms with van der Waals surface area (Å²) < 4.78 is 0. The average molecular weight is 347 g/mol. The Morgan fingerprint density at radius 2 is 1.04 bits per heavy atom. The van der Waals surface area contributed by atoms with Gasteiger partial charge in [-0.25, -0.2) is 0 Å². The van der Waals surface area contributed by atoms with E-state index < -0.39 is 0 Å². The minimum atomic E-state index is -0.0164. The molecule has 0 aliphatic rings. The zero-order chi connectivity index (χ0) is 19.5. The molecule has 0 amide bonds. The molecule has 0 radical (unpaired) electrons. The fraction of sp³-hybridized carbons (Fsp3) is 0.750. The van der Waals surface area contributed by atoms with Crippen molar-refractivity contribution in [2.75, 3.05) is 0 Å². The van der Waals surface area contributed by atoms with Crippen LogP contribution in [0.5, 0.6) is 5.75 Å². The first-order valence-corrected chi connectivity index (χ1v) is 10.3. The summed E-state index contributed by atoms with van der Waals surface area (Å²) in [6.45, 7) is 20.8. The van der Waals surface area contributed by atoms with Gasteiger partial charge in [-0.1, -0.05) is 87.6 Å². The smallest absolute Gasteiger partial charge is 0.119 e. The lowest BCUT2D eigenvalue weighted by atomic mass is 9.64. The molecule has 0 atom stereocenters. The summed E-state index contributed by atoms with van der Waals surface area (Å²) in [4.78, 5) is 0. The molecule has 0 aliphatic carbocycles. The molecule has 0 heterocycles. The van der Waals surface area contributed by atoms with E-state index in [9.17, 15) is 5.11 Å². The maximum absolute atomic E-state index is 10.9. The van der Waals surface area contributed by atoms with Gasteiger partial charge in [-0.05, 0) is 52.7 Å². The van der Waals surface area contributed by atoms with Crippen LogP contribution in [0, 0.1) is 0 Å². The van der Waals surface area contributed by atoms with Crippen molar-refractivity contribution in [1.82, 2.24) is 0 Å². The van der Waals surface area contributed by atoms with E-state index in [2.05, 4.69) is 68.4 Å². The second-order valence-corrected chi connectivity index (χ2v) is 9.78. The Kier molecular flexibility index (Phi) is 7.19. The van der Waals surface area contributed by atoms with Crippen LogP contribution in [-0.2, 0) is 16.2 Å². The molecule has 0 bridgehead atoms. The third-order valence-corrected chi connectivity index (χ3v) is 5.89. The van der Waals surface area contributed by atoms with Crippen LogP contribution < -0.4 is 0 Å². The third-order valence-electron chi connectivity index (χ3n) is 5.89. The maximum Gasteiger partial charge on any atom is 0.119 e. The first kappa shape index (κ1) is 22.1. The van der Waals surface area contributed by atoms with Crippen LogP contribution in [0.1, 0.15) is 118 Å². The number of hydrogen-bond donors (Lipinski definition) is 1. The molecule has 1 aromatic rings. The Hall–Kier alpha value is -0.980. The molecule has 0 aliphatic heterocycles. The standard InChI is InChI=1S/C24H42O/c1-10-15-22(4,5)18-13-14-19(25)21(24(8,9)17-12-3)20(18)23(6,7)16-11-2/h13-14,25H,10-12,15-17H2,1-9H3. The van der Waals surface area contributed by atoms with Gasteiger partial charge in [0.15, 0.2) is 0 Å². The lowest BCUT2D eigenvalue weighted by molar-refractivity contribution is 0.379. The van der Waals surface area contributed by atoms with E-state index in [-0.39, 0.29) is 16.2 Å². The molecule has 0 aromatic heterocycles. The zero-order valence-corrected chi connectivity index (χ0v) is 18.3. The minimum Gasteiger partial charge on any atom is -0.508 e. The van der Waals surface area contributed by atoms with Gasteiger partial charge in [0.05, 0.1) is 0 Å². The predicted molar refractivity (Wildman–Crippen MR) is 112 cm³/mol. The monoisotopic (exact) mass is 346 g/mol. The van der Waals surface area contributed by atoms with Gasteiger partial charge in [0.1, 0.15) is 5.75 Å². The Bertz CT molecular complexity index is 564. The Labute approximate surface area is 157 Å². The highest BCUT2D eigenvalue weighted by Gasteiger charge is 2.37. The Morgan fingerprint density at radius 3 is 1.48 bits per heavy atom. The minimum absolute atomic E-state index is 0.0164. The molecule has 0 unspecified atom stereocenters. The number of benzene rings is 1. The summed E-state index contributed by atoms with van der Waals surface area (Å²) in [5.41, 5.74) is 4.21. The predicted octanol–water partition coefficient (Wildman–Crippen LogP) is 7.63. The van der Waals surface area contributed by atoms with Crippen molar-refractivity contribution in [2.45, 2.75) is 117 Å². The van der Waals surface area contributed by atoms with E-state index in [1.807, 2.05) is 6.07 Å². The lowest BCUT2D eigenvalue weighted by Gasteiger charge is -2.40. The molecule has 0 spiro atoms. The van der Waals surface area contributed by atoms with Gasteiger partial charge in [-0.3, -0.25) is 0 Å². The van der Waals surface area contributed by atoms with E-state index in [1.165, 1.54) is 29.5 Å². The summed E-state index contributed by atoms with van der Waals surface area (Å²) in [7, 11) is 0. The summed E-state index contributed by atoms with van der Waals surface area (Å²) in [5, 5.41) is 10.9. The van der Waals surface area contributed by atoms with E-state index in [0.29, 0.717) is 5.75 Å². The van der Waals surface area contributed by atoms with Gasteiger partial charge in [0, 0.05) is 5.56 Å². The molecular formula is C24H42O. The van der Waals surface area contributed by atoms with Crippen LogP contribution in [0.15, 0.2) is 12.1 Å². The summed E-state index contributed by atoms with van der Waals surface area (Å²) in [5.74, 6) is 0.480. The molecule has 25 heavy (non-hydrogen) atoms. The van der Waals surface area contributed by atoms with E-state index in [4.69, 9.17) is 0 Å². The fourth-order valence-corrected chi connectivity index (χ4v) is 4.80. The lowest BCUT2D eigenvalue weighted by Crippen LogP contribution is -2.32. The van der Waals surface area contributed by atoms with E-state index in [0.717, 1.165) is 25.7 Å². The highest BCUT2D eigenvalue weighted by atomic mass is 16.3. The summed E-state index contributed by atoms with van der Waals surface area (Å²) in [6.07, 6.45) is 6.86. The maximum atomic E-state index is 10.9. The van der Waals surface area contributed by atoms with Gasteiger partial charge in [-0.15, -0.1) is 0 Å². The van der Waals surface area contributed by atoms with E-state index in [1.54, 1.807) is 0 Å². The molecule has 1 heteroatoms. The highest BCUT2D eigenvalue weighted by molar-refractivity contribution is 5.54. The molecule has 0 saturated carbocycles. The Balaban J connectivity index is 3.82. The second-order valence-electron chi connectivity index (χ2n) is 9.78. The molecule has 0 saturated heterocycles. The number of phenols is 1. The van der Waals surface area contributed by atoms with E-state index >= 15 is 0 Å². The van der Waals surface area contributed by atoms with Crippen LogP contribution in [-0.4, -0.2) is 5.11 Å². The first-order valence-electron chi connectivity index (χ1n) is 10.3. The van der Waals surface area contributed by atoms with Crippen molar-refractivity contribution < 1.29 is 5.11 Å². The molecule has 1 rings (SSSR count). The molecule has 1 N–H and O–H groups in total. The molecule has 1 nitrogen and oxygen atoms in total. The van der Waals surface area contributed by atoms with Gasteiger partial charge < -0.3 is 5.11 Å². The van der Waals surface area contributed by atoms with Gasteiger partial charge in [0.25, 0.3) is 0 Å². The highest BCUT2D eigenvalue weighted by Crippen LogP contribution is 2.48. The van der Waals surface area contributed by atoms with Crippen LogP contribution in [0.4, 0.5) is 0 Å². The topological polar surface area (TPSA) is 20.2 Å². The number of phenolic OH excluding ortho intramolecular Hbond substituents is 1. The van der Waals surface area contributed by atoms with Crippen LogP contribution in [0.3, 0.4) is 0 Å². The van der Waals surface area contributed by atoms with Crippen molar-refractivity contribution in [3.8, 4) is 5.75 Å². The molecule has 144 valence electrons. The number of rotatable bonds is 9. The second kappa shape index (κ2) is 8.14. The largest absolute Gasteiger partial charge is 0.508 e. The Morgan fingerprint density at radius 1 is 0.640 bits per heavy atom. The summed E-state index contributed by atoms with van der Waals surface area (Å²) in [6, 6.07) is 4.15. The SMILES string of the molecule is CCCC(C)(C)c1ccc(O)c(C(C)(C)CCC)c1C(C)(C)CCC. The third kappa shape index (κ3) is 4.80. The zero-order valence-electron chi connectivity index (χ0n) is 18.3. The molecular weight excluding hydrogens is 304 g/mol. The molecule has 0 fully saturated rings. The number of hydrogen-bond acceptors (Lipinski definition) is 1. The van der Waals surface area contributed by atoms with Crippen molar-refractivity contribution in [2.24, 2.45) is 0 Å². The van der Waals surface area contributed by atoms with Crippen LogP contribution in [0.2, 0.25) is 0 Å². The normalized spacial score (nSPS) is 13.3. The van der Waals surface area contributed by atoms with Crippen LogP contribution in [0.25, 0.3) is 0 Å². The van der Waals surface area contributed by atoms with Gasteiger partial charge in [0.2, 0.25) is 0 Å². The average Bonchev–Trinajstić information content (AvgIpc) is 2.46. The fourth-order valence-electron chi connectivity index (χ4n) is 4.80. The molecule has 1 aromatic carbocycles. The van der Waals surface area contributed by atoms with Gasteiger partial charge in [-0.2, -0.15) is 0 Å². The van der Waals surface area contributed by atoms with Gasteiger partial charge >= 0.3 is 0 Å². The van der Waals surface area contributed by atoms with Crippen molar-refractivity contribution >= 4 is 0 Å². The number of aromatic hydroxyl groups is 1. The first-order chi connectivity index (χ1) is 11.4. The quantitative estimate of drug-likeness (QED) is 0.487. The summed E-state index contributed by atoms with van der Waals surface area (Å²) >= 11 is 0. The van der Waals surface area contributed by atoms with Crippen molar-refractivity contribution in [3.63, 3.8) is 0 Å². The van der Waals surface area contributed by atoms with Crippen molar-refractivity contribution in [1.29, 1.82) is 0 Å². The van der Waals surface area contributed by atoms with Crippen LogP contribution >= 0.6 is 0 Å². The van der Waals surface area contributed by atoms with Crippen molar-refractivity contribution in [3.05, 3.63) is 28.8 Å².